The summed E-state index contributed by atoms with van der Waals surface area (Å²) < 4.78 is 19.8. The quantitative estimate of drug-likeness (QED) is 0.439. The molecule has 0 N–H and O–H groups in total. The van der Waals surface area contributed by atoms with E-state index < -0.39 is 33.8 Å². The van der Waals surface area contributed by atoms with Crippen LogP contribution in [0.2, 0.25) is 58.4 Å². The molecule has 0 radical (unpaired) electrons. The van der Waals surface area contributed by atoms with Crippen molar-refractivity contribution in [1.82, 2.24) is 0 Å². The Bertz CT molecular complexity index is 796. The van der Waals surface area contributed by atoms with Crippen LogP contribution in [0.15, 0.2) is 18.2 Å². The molecule has 0 saturated heterocycles. The molecule has 29 heavy (non-hydrogen) atoms. The first kappa shape index (κ1) is 26.0. The summed E-state index contributed by atoms with van der Waals surface area (Å²) in [6.45, 7) is 19.4. The predicted octanol–water partition coefficient (Wildman–Crippen LogP) is 5.30. The number of benzene rings is 1. The number of nitrogens with zero attached hydrogens (tertiary/aromatic N) is 2. The summed E-state index contributed by atoms with van der Waals surface area (Å²) >= 11 is 0. The van der Waals surface area contributed by atoms with E-state index in [1.165, 1.54) is 12.8 Å². The molecule has 0 amide bonds. The third kappa shape index (κ3) is 8.30. The highest BCUT2D eigenvalue weighted by molar-refractivity contribution is 6.93. The molecule has 0 heterocycles. The lowest BCUT2D eigenvalue weighted by molar-refractivity contribution is 0.330. The standard InChI is InChI=1S/C20H36N2O3Si4/c1-10-11-14-26(2,3)23-28(6,7)25-29(8,9)24-27(4,5)20-13-12-18(16-21)19(15-20)17-22/h12-13,15H,10-11,14H2,1-9H3. The van der Waals surface area contributed by atoms with Crippen LogP contribution in [0.3, 0.4) is 0 Å². The Morgan fingerprint density at radius 1 is 0.793 bits per heavy atom. The Morgan fingerprint density at radius 2 is 1.34 bits per heavy atom. The summed E-state index contributed by atoms with van der Waals surface area (Å²) in [6.07, 6.45) is 2.38. The molecular formula is C20H36N2O3Si4. The Morgan fingerprint density at radius 3 is 1.86 bits per heavy atom. The smallest absolute Gasteiger partial charge is 0.312 e. The van der Waals surface area contributed by atoms with Crippen molar-refractivity contribution in [3.05, 3.63) is 29.3 Å². The maximum Gasteiger partial charge on any atom is 0.312 e. The molecule has 160 valence electrons. The molecule has 0 bridgehead atoms. The van der Waals surface area contributed by atoms with Gasteiger partial charge < -0.3 is 12.3 Å². The number of hydrogen-bond donors (Lipinski definition) is 0. The van der Waals surface area contributed by atoms with Gasteiger partial charge in [0.15, 0.2) is 8.32 Å². The minimum absolute atomic E-state index is 0.398. The molecule has 0 aliphatic rings. The lowest BCUT2D eigenvalue weighted by Crippen LogP contribution is -2.59. The van der Waals surface area contributed by atoms with Crippen molar-refractivity contribution in [3.8, 4) is 12.1 Å². The summed E-state index contributed by atoms with van der Waals surface area (Å²) in [7, 11) is -8.88. The van der Waals surface area contributed by atoms with Gasteiger partial charge in [0.05, 0.1) is 11.1 Å². The summed E-state index contributed by atoms with van der Waals surface area (Å²) in [5.74, 6) is 0. The molecule has 0 aliphatic heterocycles. The van der Waals surface area contributed by atoms with E-state index in [-0.39, 0.29) is 0 Å². The van der Waals surface area contributed by atoms with E-state index in [0.717, 1.165) is 11.2 Å². The summed E-state index contributed by atoms with van der Waals surface area (Å²) in [4.78, 5) is 0. The second-order valence-corrected chi connectivity index (χ2v) is 25.1. The van der Waals surface area contributed by atoms with Crippen LogP contribution in [-0.2, 0) is 12.3 Å². The SMILES string of the molecule is CCCC[Si](C)(C)O[Si](C)(C)O[Si](C)(C)O[Si](C)(C)c1ccc(C#N)c(C#N)c1. The zero-order chi connectivity index (χ0) is 22.5. The molecule has 5 nitrogen and oxygen atoms in total. The van der Waals surface area contributed by atoms with Crippen molar-refractivity contribution >= 4 is 38.9 Å². The summed E-state index contributed by atoms with van der Waals surface area (Å²) in [5.41, 5.74) is 0.797. The lowest BCUT2D eigenvalue weighted by Gasteiger charge is -2.41. The molecule has 1 aromatic rings. The highest BCUT2D eigenvalue weighted by atomic mass is 28.5. The number of unbranched alkanes of at least 4 members (excludes halogenated alkanes) is 1. The molecular weight excluding hydrogens is 429 g/mol. The van der Waals surface area contributed by atoms with Crippen molar-refractivity contribution in [2.24, 2.45) is 0 Å². The largest absolute Gasteiger partial charge is 0.436 e. The van der Waals surface area contributed by atoms with Crippen LogP contribution < -0.4 is 5.19 Å². The first-order valence-corrected chi connectivity index (χ1v) is 21.9. The van der Waals surface area contributed by atoms with Gasteiger partial charge in [-0.25, -0.2) is 0 Å². The van der Waals surface area contributed by atoms with Gasteiger partial charge in [-0.1, -0.05) is 25.8 Å². The Balaban J connectivity index is 2.97. The average molecular weight is 465 g/mol. The molecule has 0 aromatic heterocycles. The lowest BCUT2D eigenvalue weighted by atomic mass is 10.1. The fourth-order valence-corrected chi connectivity index (χ4v) is 22.9. The maximum atomic E-state index is 9.35. The van der Waals surface area contributed by atoms with Crippen molar-refractivity contribution in [2.75, 3.05) is 0 Å². The van der Waals surface area contributed by atoms with Crippen molar-refractivity contribution in [1.29, 1.82) is 10.5 Å². The van der Waals surface area contributed by atoms with E-state index in [1.807, 2.05) is 6.07 Å². The minimum Gasteiger partial charge on any atom is -0.436 e. The molecule has 0 saturated carbocycles. The van der Waals surface area contributed by atoms with Crippen molar-refractivity contribution < 1.29 is 12.3 Å². The average Bonchev–Trinajstić information content (AvgIpc) is 2.56. The van der Waals surface area contributed by atoms with Gasteiger partial charge in [-0.3, -0.25) is 0 Å². The van der Waals surface area contributed by atoms with E-state index in [4.69, 9.17) is 17.6 Å². The van der Waals surface area contributed by atoms with Crippen LogP contribution in [0, 0.1) is 22.7 Å². The molecule has 0 fully saturated rings. The first-order valence-electron chi connectivity index (χ1n) is 10.2. The zero-order valence-corrected chi connectivity index (χ0v) is 23.5. The van der Waals surface area contributed by atoms with Gasteiger partial charge in [0.1, 0.15) is 12.1 Å². The number of hydrogen-bond acceptors (Lipinski definition) is 5. The van der Waals surface area contributed by atoms with Gasteiger partial charge in [-0.2, -0.15) is 10.5 Å². The van der Waals surface area contributed by atoms with Crippen molar-refractivity contribution in [2.45, 2.75) is 78.2 Å². The van der Waals surface area contributed by atoms with Crippen LogP contribution in [0.1, 0.15) is 30.9 Å². The van der Waals surface area contributed by atoms with E-state index >= 15 is 0 Å². The van der Waals surface area contributed by atoms with Gasteiger partial charge in [0.25, 0.3) is 0 Å². The van der Waals surface area contributed by atoms with Crippen LogP contribution in [0.4, 0.5) is 0 Å². The maximum absolute atomic E-state index is 9.35. The van der Waals surface area contributed by atoms with Crippen molar-refractivity contribution in [3.63, 3.8) is 0 Å². The fraction of sp³-hybridized carbons (Fsp3) is 0.600. The van der Waals surface area contributed by atoms with Crippen LogP contribution >= 0.6 is 0 Å². The minimum atomic E-state index is -2.46. The molecule has 0 unspecified atom stereocenters. The van der Waals surface area contributed by atoms with Gasteiger partial charge in [-0.15, -0.1) is 0 Å². The molecule has 0 aliphatic carbocycles. The number of rotatable bonds is 10. The highest BCUT2D eigenvalue weighted by Crippen LogP contribution is 2.26. The van der Waals surface area contributed by atoms with Gasteiger partial charge in [0.2, 0.25) is 8.32 Å². The normalized spacial score (nSPS) is 13.1. The second-order valence-electron chi connectivity index (χ2n) is 9.46. The van der Waals surface area contributed by atoms with E-state index in [0.29, 0.717) is 11.1 Å². The third-order valence-corrected chi connectivity index (χ3v) is 20.0. The topological polar surface area (TPSA) is 75.3 Å². The second kappa shape index (κ2) is 9.84. The number of nitriles is 2. The molecule has 0 atom stereocenters. The van der Waals surface area contributed by atoms with Crippen LogP contribution in [0.25, 0.3) is 0 Å². The Hall–Kier alpha value is -1.05. The highest BCUT2D eigenvalue weighted by Gasteiger charge is 2.43. The van der Waals surface area contributed by atoms with Crippen LogP contribution in [0.5, 0.6) is 0 Å². The predicted molar refractivity (Wildman–Crippen MR) is 128 cm³/mol. The molecule has 9 heteroatoms. The molecule has 1 rings (SSSR count). The van der Waals surface area contributed by atoms with Gasteiger partial charge in [-0.05, 0) is 75.7 Å². The van der Waals surface area contributed by atoms with Gasteiger partial charge in [0, 0.05) is 0 Å². The molecule has 1 aromatic carbocycles. The summed E-state index contributed by atoms with van der Waals surface area (Å²) in [6, 6.07) is 10.8. The summed E-state index contributed by atoms with van der Waals surface area (Å²) in [5, 5.41) is 19.5. The first-order chi connectivity index (χ1) is 13.2. The van der Waals surface area contributed by atoms with E-state index in [1.54, 1.807) is 12.1 Å². The van der Waals surface area contributed by atoms with E-state index in [2.05, 4.69) is 71.4 Å². The fourth-order valence-electron chi connectivity index (χ4n) is 3.73. The van der Waals surface area contributed by atoms with E-state index in [9.17, 15) is 5.26 Å². The zero-order valence-electron chi connectivity index (χ0n) is 19.5. The van der Waals surface area contributed by atoms with Crippen LogP contribution in [-0.4, -0.2) is 33.8 Å². The third-order valence-electron chi connectivity index (χ3n) is 4.60. The monoisotopic (exact) mass is 464 g/mol. The molecule has 0 spiro atoms. The van der Waals surface area contributed by atoms with Gasteiger partial charge >= 0.3 is 17.1 Å². The Kier molecular flexibility index (Phi) is 8.81. The Labute approximate surface area is 181 Å².